The van der Waals surface area contributed by atoms with Crippen LogP contribution in [0.1, 0.15) is 11.1 Å². The number of benzene rings is 1. The van der Waals surface area contributed by atoms with Crippen LogP contribution in [0.2, 0.25) is 0 Å². The molecule has 0 radical (unpaired) electrons. The Kier molecular flexibility index (Phi) is 3.78. The fourth-order valence-corrected chi connectivity index (χ4v) is 2.72. The third-order valence-corrected chi connectivity index (χ3v) is 3.63. The van der Waals surface area contributed by atoms with Crippen LogP contribution in [0.5, 0.6) is 0 Å². The van der Waals surface area contributed by atoms with E-state index in [0.29, 0.717) is 16.8 Å². The molecule has 5 nitrogen and oxygen atoms in total. The molecule has 0 aliphatic heterocycles. The molecule has 19 heavy (non-hydrogen) atoms. The van der Waals surface area contributed by atoms with Crippen molar-refractivity contribution in [2.24, 2.45) is 0 Å². The number of aromatic nitrogens is 1. The topological polar surface area (TPSA) is 82.8 Å². The molecule has 0 fully saturated rings. The molecule has 2 rings (SSSR count). The number of nitrogens with zero attached hydrogens (tertiary/aromatic N) is 2. The second-order valence-electron chi connectivity index (χ2n) is 3.91. The van der Waals surface area contributed by atoms with E-state index in [1.807, 2.05) is 6.07 Å². The Bertz CT molecular complexity index is 689. The predicted octanol–water partition coefficient (Wildman–Crippen LogP) is 1.90. The Balaban J connectivity index is 2.11. The Hall–Kier alpha value is -2.39. The Labute approximate surface area is 111 Å². The normalized spacial score (nSPS) is 10.7. The van der Waals surface area contributed by atoms with E-state index in [4.69, 9.17) is 5.26 Å². The highest BCUT2D eigenvalue weighted by molar-refractivity contribution is 7.91. The zero-order valence-corrected chi connectivity index (χ0v) is 10.8. The van der Waals surface area contributed by atoms with Gasteiger partial charge in [0.05, 0.1) is 29.3 Å². The van der Waals surface area contributed by atoms with Crippen LogP contribution < -0.4 is 4.72 Å². The van der Waals surface area contributed by atoms with Crippen LogP contribution in [-0.2, 0) is 15.8 Å². The molecule has 1 heterocycles. The van der Waals surface area contributed by atoms with Gasteiger partial charge in [-0.2, -0.15) is 5.26 Å². The summed E-state index contributed by atoms with van der Waals surface area (Å²) >= 11 is 0. The summed E-state index contributed by atoms with van der Waals surface area (Å²) in [6.07, 6.45) is 3.01. The Morgan fingerprint density at radius 3 is 2.53 bits per heavy atom. The number of nitrogens with one attached hydrogen (secondary N) is 1. The van der Waals surface area contributed by atoms with Gasteiger partial charge in [0.1, 0.15) is 0 Å². The van der Waals surface area contributed by atoms with Crippen molar-refractivity contribution < 1.29 is 8.42 Å². The summed E-state index contributed by atoms with van der Waals surface area (Å²) in [5.74, 6) is -0.145. The SMILES string of the molecule is N#Cc1ccc(CS(=O)(=O)Nc2cccnc2)cc1. The molecule has 2 aromatic rings. The standard InChI is InChI=1S/C13H11N3O2S/c14-8-11-3-5-12(6-4-11)10-19(17,18)16-13-2-1-7-15-9-13/h1-7,9,16H,10H2. The van der Waals surface area contributed by atoms with E-state index >= 15 is 0 Å². The third kappa shape index (κ3) is 3.79. The fourth-order valence-electron chi connectivity index (χ4n) is 1.53. The van der Waals surface area contributed by atoms with Gasteiger partial charge in [0.15, 0.2) is 0 Å². The molecule has 0 saturated heterocycles. The average Bonchev–Trinajstić information content (AvgIpc) is 2.39. The van der Waals surface area contributed by atoms with Crippen molar-refractivity contribution in [2.45, 2.75) is 5.75 Å². The number of hydrogen-bond donors (Lipinski definition) is 1. The van der Waals surface area contributed by atoms with Gasteiger partial charge < -0.3 is 0 Å². The predicted molar refractivity (Wildman–Crippen MR) is 71.6 cm³/mol. The molecule has 0 bridgehead atoms. The van der Waals surface area contributed by atoms with Gasteiger partial charge in [-0.25, -0.2) is 8.42 Å². The highest BCUT2D eigenvalue weighted by Gasteiger charge is 2.11. The minimum absolute atomic E-state index is 0.145. The molecule has 96 valence electrons. The van der Waals surface area contributed by atoms with E-state index in [9.17, 15) is 8.42 Å². The molecule has 0 aliphatic rings. The number of sulfonamides is 1. The molecule has 0 amide bonds. The summed E-state index contributed by atoms with van der Waals surface area (Å²) < 4.78 is 26.3. The van der Waals surface area contributed by atoms with Crippen molar-refractivity contribution in [1.82, 2.24) is 4.98 Å². The molecular formula is C13H11N3O2S. The van der Waals surface area contributed by atoms with Crippen LogP contribution in [0.15, 0.2) is 48.8 Å². The lowest BCUT2D eigenvalue weighted by Crippen LogP contribution is -2.15. The fraction of sp³-hybridized carbons (Fsp3) is 0.0769. The molecule has 1 aromatic heterocycles. The van der Waals surface area contributed by atoms with Crippen LogP contribution in [-0.4, -0.2) is 13.4 Å². The quantitative estimate of drug-likeness (QED) is 0.922. The first-order valence-corrected chi connectivity index (χ1v) is 7.14. The minimum atomic E-state index is -3.48. The van der Waals surface area contributed by atoms with Crippen LogP contribution >= 0.6 is 0 Å². The summed E-state index contributed by atoms with van der Waals surface area (Å²) in [6, 6.07) is 11.7. The molecule has 0 atom stereocenters. The van der Waals surface area contributed by atoms with Crippen LogP contribution in [0.25, 0.3) is 0 Å². The highest BCUT2D eigenvalue weighted by atomic mass is 32.2. The van der Waals surface area contributed by atoms with Crippen molar-refractivity contribution in [2.75, 3.05) is 4.72 Å². The summed E-state index contributed by atoms with van der Waals surface area (Å²) in [5.41, 5.74) is 1.55. The number of rotatable bonds is 4. The van der Waals surface area contributed by atoms with Gasteiger partial charge in [0, 0.05) is 6.20 Å². The first-order chi connectivity index (χ1) is 9.09. The van der Waals surface area contributed by atoms with E-state index < -0.39 is 10.0 Å². The van der Waals surface area contributed by atoms with Crippen molar-refractivity contribution in [3.63, 3.8) is 0 Å². The van der Waals surface area contributed by atoms with Crippen LogP contribution in [0.4, 0.5) is 5.69 Å². The number of pyridine rings is 1. The smallest absolute Gasteiger partial charge is 0.236 e. The summed E-state index contributed by atoms with van der Waals surface area (Å²) in [6.45, 7) is 0. The van der Waals surface area contributed by atoms with E-state index in [0.717, 1.165) is 0 Å². The molecule has 0 saturated carbocycles. The van der Waals surface area contributed by atoms with Crippen molar-refractivity contribution >= 4 is 15.7 Å². The lowest BCUT2D eigenvalue weighted by molar-refractivity contribution is 0.600. The van der Waals surface area contributed by atoms with E-state index in [-0.39, 0.29) is 5.75 Å². The second-order valence-corrected chi connectivity index (χ2v) is 5.63. The van der Waals surface area contributed by atoms with E-state index in [1.54, 1.807) is 42.6 Å². The molecule has 1 aromatic carbocycles. The van der Waals surface area contributed by atoms with Gasteiger partial charge >= 0.3 is 0 Å². The van der Waals surface area contributed by atoms with Crippen LogP contribution in [0.3, 0.4) is 0 Å². The number of nitriles is 1. The van der Waals surface area contributed by atoms with Gasteiger partial charge in [-0.05, 0) is 29.8 Å². The molecule has 0 unspecified atom stereocenters. The zero-order valence-electron chi connectivity index (χ0n) is 9.95. The maximum atomic E-state index is 11.9. The summed E-state index contributed by atoms with van der Waals surface area (Å²) in [5, 5.41) is 8.67. The highest BCUT2D eigenvalue weighted by Crippen LogP contribution is 2.12. The monoisotopic (exact) mass is 273 g/mol. The van der Waals surface area contributed by atoms with Gasteiger partial charge in [0.25, 0.3) is 0 Å². The van der Waals surface area contributed by atoms with Crippen molar-refractivity contribution in [1.29, 1.82) is 5.26 Å². The molecule has 6 heteroatoms. The molecule has 1 N–H and O–H groups in total. The molecule has 0 aliphatic carbocycles. The van der Waals surface area contributed by atoms with Gasteiger partial charge in [-0.15, -0.1) is 0 Å². The van der Waals surface area contributed by atoms with Crippen molar-refractivity contribution in [3.8, 4) is 6.07 Å². The minimum Gasteiger partial charge on any atom is -0.282 e. The lowest BCUT2D eigenvalue weighted by Gasteiger charge is -2.07. The maximum Gasteiger partial charge on any atom is 0.236 e. The molecular weight excluding hydrogens is 262 g/mol. The maximum absolute atomic E-state index is 11.9. The van der Waals surface area contributed by atoms with Gasteiger partial charge in [-0.1, -0.05) is 12.1 Å². The second kappa shape index (κ2) is 5.50. The Morgan fingerprint density at radius 2 is 1.95 bits per heavy atom. The zero-order chi connectivity index (χ0) is 13.7. The van der Waals surface area contributed by atoms with Gasteiger partial charge in [-0.3, -0.25) is 9.71 Å². The summed E-state index contributed by atoms with van der Waals surface area (Å²) in [4.78, 5) is 3.84. The lowest BCUT2D eigenvalue weighted by atomic mass is 10.2. The number of hydrogen-bond acceptors (Lipinski definition) is 4. The van der Waals surface area contributed by atoms with E-state index in [2.05, 4.69) is 9.71 Å². The largest absolute Gasteiger partial charge is 0.282 e. The van der Waals surface area contributed by atoms with Gasteiger partial charge in [0.2, 0.25) is 10.0 Å². The van der Waals surface area contributed by atoms with Crippen LogP contribution in [0, 0.1) is 11.3 Å². The Morgan fingerprint density at radius 1 is 1.21 bits per heavy atom. The van der Waals surface area contributed by atoms with E-state index in [1.165, 1.54) is 6.20 Å². The molecule has 0 spiro atoms. The summed E-state index contributed by atoms with van der Waals surface area (Å²) in [7, 11) is -3.48. The average molecular weight is 273 g/mol. The first-order valence-electron chi connectivity index (χ1n) is 5.49. The number of anilines is 1. The van der Waals surface area contributed by atoms with Crippen molar-refractivity contribution in [3.05, 3.63) is 59.9 Å². The third-order valence-electron chi connectivity index (χ3n) is 2.37. The first kappa shape index (κ1) is 13.1.